The average molecular weight is 318 g/mol. The Morgan fingerprint density at radius 2 is 1.95 bits per heavy atom. The molecule has 2 aromatic rings. The Kier molecular flexibility index (Phi) is 4.42. The number of phenols is 1. The lowest BCUT2D eigenvalue weighted by Crippen LogP contribution is -1.95. The van der Waals surface area contributed by atoms with Gasteiger partial charge in [0.2, 0.25) is 0 Å². The maximum Gasteiger partial charge on any atom is 0.168 e. The van der Waals surface area contributed by atoms with E-state index < -0.39 is 0 Å². The van der Waals surface area contributed by atoms with E-state index in [0.29, 0.717) is 16.4 Å². The van der Waals surface area contributed by atoms with E-state index >= 15 is 0 Å². The Hall–Kier alpha value is -1.56. The summed E-state index contributed by atoms with van der Waals surface area (Å²) in [5, 5.41) is 21.8. The van der Waals surface area contributed by atoms with Crippen LogP contribution in [0.1, 0.15) is 5.56 Å². The molecule has 0 aliphatic carbocycles. The SMILES string of the molecule is Oc1c(Cl)cc(Cl)cc1/C=N/Nc1ccc(Cl)nn1. The number of aromatic nitrogens is 2. The number of hydrogen-bond donors (Lipinski definition) is 2. The molecule has 0 unspecified atom stereocenters. The van der Waals surface area contributed by atoms with Crippen LogP contribution in [0.4, 0.5) is 5.82 Å². The molecule has 1 aromatic carbocycles. The van der Waals surface area contributed by atoms with Crippen LogP contribution in [-0.4, -0.2) is 21.5 Å². The quantitative estimate of drug-likeness (QED) is 0.670. The van der Waals surface area contributed by atoms with E-state index in [1.165, 1.54) is 18.3 Å². The lowest BCUT2D eigenvalue weighted by Gasteiger charge is -2.02. The third-order valence-electron chi connectivity index (χ3n) is 2.07. The van der Waals surface area contributed by atoms with Gasteiger partial charge >= 0.3 is 0 Å². The molecule has 0 aliphatic rings. The van der Waals surface area contributed by atoms with Gasteiger partial charge in [0.15, 0.2) is 11.0 Å². The molecule has 0 saturated carbocycles. The van der Waals surface area contributed by atoms with Crippen molar-refractivity contribution in [1.29, 1.82) is 0 Å². The fourth-order valence-electron chi connectivity index (χ4n) is 1.23. The molecule has 0 radical (unpaired) electrons. The van der Waals surface area contributed by atoms with Crippen LogP contribution >= 0.6 is 34.8 Å². The number of anilines is 1. The number of hydrogen-bond acceptors (Lipinski definition) is 5. The normalized spacial score (nSPS) is 10.9. The summed E-state index contributed by atoms with van der Waals surface area (Å²) in [5.41, 5.74) is 3.01. The van der Waals surface area contributed by atoms with Crippen molar-refractivity contribution >= 4 is 46.8 Å². The van der Waals surface area contributed by atoms with Crippen LogP contribution in [0.3, 0.4) is 0 Å². The molecule has 0 amide bonds. The standard InChI is InChI=1S/C11H7Cl3N4O/c12-7-3-6(11(19)8(13)4-7)5-15-17-10-2-1-9(14)16-18-10/h1-5,19H,(H,17,18)/b15-5+. The van der Waals surface area contributed by atoms with Crippen LogP contribution in [0.5, 0.6) is 5.75 Å². The molecule has 0 saturated heterocycles. The molecule has 98 valence electrons. The number of rotatable bonds is 3. The van der Waals surface area contributed by atoms with Gasteiger partial charge < -0.3 is 5.11 Å². The van der Waals surface area contributed by atoms with Gasteiger partial charge in [-0.3, -0.25) is 5.43 Å². The molecule has 1 aromatic heterocycles. The summed E-state index contributed by atoms with van der Waals surface area (Å²) in [5.74, 6) is 0.312. The molecule has 2 rings (SSSR count). The monoisotopic (exact) mass is 316 g/mol. The highest BCUT2D eigenvalue weighted by molar-refractivity contribution is 6.36. The predicted molar refractivity (Wildman–Crippen MR) is 76.4 cm³/mol. The van der Waals surface area contributed by atoms with Crippen LogP contribution < -0.4 is 5.43 Å². The summed E-state index contributed by atoms with van der Waals surface area (Å²) in [7, 11) is 0. The number of nitrogens with zero attached hydrogens (tertiary/aromatic N) is 3. The van der Waals surface area contributed by atoms with Crippen LogP contribution in [-0.2, 0) is 0 Å². The van der Waals surface area contributed by atoms with Crippen molar-refractivity contribution in [2.45, 2.75) is 0 Å². The Balaban J connectivity index is 2.13. The number of phenolic OH excluding ortho intramolecular Hbond substituents is 1. The van der Waals surface area contributed by atoms with Crippen molar-refractivity contribution in [3.8, 4) is 5.75 Å². The first kappa shape index (κ1) is 13.9. The summed E-state index contributed by atoms with van der Waals surface area (Å²) >= 11 is 17.2. The zero-order valence-electron chi connectivity index (χ0n) is 9.31. The predicted octanol–water partition coefficient (Wildman–Crippen LogP) is 3.59. The van der Waals surface area contributed by atoms with Crippen molar-refractivity contribution in [3.63, 3.8) is 0 Å². The van der Waals surface area contributed by atoms with E-state index in [1.54, 1.807) is 12.1 Å². The summed E-state index contributed by atoms with van der Waals surface area (Å²) in [6.07, 6.45) is 1.36. The molecule has 8 heteroatoms. The molecule has 19 heavy (non-hydrogen) atoms. The van der Waals surface area contributed by atoms with Gasteiger partial charge in [-0.2, -0.15) is 5.10 Å². The minimum atomic E-state index is -0.0983. The smallest absolute Gasteiger partial charge is 0.168 e. The van der Waals surface area contributed by atoms with Crippen molar-refractivity contribution in [2.75, 3.05) is 5.43 Å². The highest BCUT2D eigenvalue weighted by atomic mass is 35.5. The molecule has 2 N–H and O–H groups in total. The lowest BCUT2D eigenvalue weighted by molar-refractivity contribution is 0.475. The molecule has 0 bridgehead atoms. The third-order valence-corrected chi connectivity index (χ3v) is 2.78. The van der Waals surface area contributed by atoms with Crippen LogP contribution in [0.15, 0.2) is 29.4 Å². The zero-order chi connectivity index (χ0) is 13.8. The van der Waals surface area contributed by atoms with E-state index in [9.17, 15) is 5.11 Å². The van der Waals surface area contributed by atoms with E-state index in [-0.39, 0.29) is 15.9 Å². The first-order valence-electron chi connectivity index (χ1n) is 5.02. The number of hydrazone groups is 1. The summed E-state index contributed by atoms with van der Waals surface area (Å²) < 4.78 is 0. The van der Waals surface area contributed by atoms with E-state index in [0.717, 1.165) is 0 Å². The van der Waals surface area contributed by atoms with Gasteiger partial charge in [0.25, 0.3) is 0 Å². The molecule has 0 aliphatic heterocycles. The Bertz CT molecular complexity index is 616. The van der Waals surface area contributed by atoms with Gasteiger partial charge in [-0.1, -0.05) is 34.8 Å². The van der Waals surface area contributed by atoms with Crippen molar-refractivity contribution in [3.05, 3.63) is 45.0 Å². The first-order valence-corrected chi connectivity index (χ1v) is 6.16. The number of benzene rings is 1. The van der Waals surface area contributed by atoms with Crippen LogP contribution in [0.2, 0.25) is 15.2 Å². The molecule has 0 fully saturated rings. The second-order valence-corrected chi connectivity index (χ2v) is 4.67. The third kappa shape index (κ3) is 3.70. The van der Waals surface area contributed by atoms with E-state index in [1.807, 2.05) is 0 Å². The molecular weight excluding hydrogens is 311 g/mol. The second kappa shape index (κ2) is 6.06. The molecule has 1 heterocycles. The fraction of sp³-hybridized carbons (Fsp3) is 0. The van der Waals surface area contributed by atoms with Crippen LogP contribution in [0.25, 0.3) is 0 Å². The largest absolute Gasteiger partial charge is 0.506 e. The van der Waals surface area contributed by atoms with Crippen LogP contribution in [0, 0.1) is 0 Å². The summed E-state index contributed by atoms with van der Waals surface area (Å²) in [6.45, 7) is 0. The van der Waals surface area contributed by atoms with E-state index in [4.69, 9.17) is 34.8 Å². The molecular formula is C11H7Cl3N4O. The van der Waals surface area contributed by atoms with Gasteiger partial charge in [0.1, 0.15) is 5.75 Å². The van der Waals surface area contributed by atoms with Gasteiger partial charge in [-0.15, -0.1) is 10.2 Å². The van der Waals surface area contributed by atoms with Gasteiger partial charge in [0, 0.05) is 10.6 Å². The average Bonchev–Trinajstić information content (AvgIpc) is 2.37. The fourth-order valence-corrected chi connectivity index (χ4v) is 1.84. The Labute approximate surface area is 123 Å². The van der Waals surface area contributed by atoms with Crippen molar-refractivity contribution in [1.82, 2.24) is 10.2 Å². The number of nitrogens with one attached hydrogen (secondary N) is 1. The minimum Gasteiger partial charge on any atom is -0.506 e. The highest BCUT2D eigenvalue weighted by Crippen LogP contribution is 2.29. The first-order chi connectivity index (χ1) is 9.06. The van der Waals surface area contributed by atoms with Crippen molar-refractivity contribution in [2.24, 2.45) is 5.10 Å². The summed E-state index contributed by atoms with van der Waals surface area (Å²) in [6, 6.07) is 6.15. The second-order valence-electron chi connectivity index (χ2n) is 3.44. The molecule has 0 spiro atoms. The summed E-state index contributed by atoms with van der Waals surface area (Å²) in [4.78, 5) is 0. The maximum absolute atomic E-state index is 9.70. The Morgan fingerprint density at radius 1 is 1.16 bits per heavy atom. The van der Waals surface area contributed by atoms with E-state index in [2.05, 4.69) is 20.7 Å². The molecule has 5 nitrogen and oxygen atoms in total. The highest BCUT2D eigenvalue weighted by Gasteiger charge is 2.05. The van der Waals surface area contributed by atoms with Crippen molar-refractivity contribution < 1.29 is 5.11 Å². The number of aromatic hydroxyl groups is 1. The maximum atomic E-state index is 9.70. The molecule has 0 atom stereocenters. The van der Waals surface area contributed by atoms with Gasteiger partial charge in [-0.05, 0) is 24.3 Å². The lowest BCUT2D eigenvalue weighted by atomic mass is 10.2. The zero-order valence-corrected chi connectivity index (χ0v) is 11.6. The Morgan fingerprint density at radius 3 is 2.63 bits per heavy atom. The minimum absolute atomic E-state index is 0.0983. The topological polar surface area (TPSA) is 70.4 Å². The number of halogens is 3. The van der Waals surface area contributed by atoms with Gasteiger partial charge in [-0.25, -0.2) is 0 Å². The van der Waals surface area contributed by atoms with Gasteiger partial charge in [0.05, 0.1) is 11.2 Å².